The second-order valence-corrected chi connectivity index (χ2v) is 6.47. The lowest BCUT2D eigenvalue weighted by Gasteiger charge is -2.07. The minimum absolute atomic E-state index is 0.0291. The van der Waals surface area contributed by atoms with E-state index in [0.717, 1.165) is 5.56 Å². The summed E-state index contributed by atoms with van der Waals surface area (Å²) < 4.78 is 1.42. The van der Waals surface area contributed by atoms with Gasteiger partial charge in [0.1, 0.15) is 0 Å². The van der Waals surface area contributed by atoms with E-state index in [1.54, 1.807) is 0 Å². The van der Waals surface area contributed by atoms with Gasteiger partial charge in [0, 0.05) is 12.1 Å². The second-order valence-electron chi connectivity index (χ2n) is 5.53. The molecule has 0 fully saturated rings. The minimum Gasteiger partial charge on any atom is -0.355 e. The summed E-state index contributed by atoms with van der Waals surface area (Å²) in [6.45, 7) is 6.80. The summed E-state index contributed by atoms with van der Waals surface area (Å²) in [5.74, 6) is 7.28. The van der Waals surface area contributed by atoms with Crippen LogP contribution in [0.5, 0.6) is 0 Å². The van der Waals surface area contributed by atoms with E-state index in [9.17, 15) is 4.79 Å². The maximum absolute atomic E-state index is 11.7. The van der Waals surface area contributed by atoms with Crippen LogP contribution >= 0.6 is 11.8 Å². The van der Waals surface area contributed by atoms with Gasteiger partial charge in [-0.25, -0.2) is 4.68 Å². The molecular weight excluding hydrogens is 298 g/mol. The molecule has 1 amide bonds. The number of carbonyl (C=O) groups is 1. The lowest BCUT2D eigenvalue weighted by atomic mass is 10.1. The number of nitrogens with zero attached hydrogens (tertiary/aromatic N) is 3. The number of aromatic nitrogens is 3. The van der Waals surface area contributed by atoms with Crippen LogP contribution in [0.2, 0.25) is 0 Å². The number of hydrogen-bond acceptors (Lipinski definition) is 5. The van der Waals surface area contributed by atoms with Gasteiger partial charge >= 0.3 is 0 Å². The molecular formula is C15H21N5OS. The number of hydrogen-bond donors (Lipinski definition) is 2. The predicted octanol–water partition coefficient (Wildman–Crippen LogP) is 1.83. The number of nitrogen functional groups attached to an aromatic ring is 1. The first kappa shape index (κ1) is 16.4. The van der Waals surface area contributed by atoms with Crippen molar-refractivity contribution in [2.45, 2.75) is 25.9 Å². The third-order valence-electron chi connectivity index (χ3n) is 3.01. The van der Waals surface area contributed by atoms with E-state index in [1.165, 1.54) is 22.0 Å². The van der Waals surface area contributed by atoms with Gasteiger partial charge in [-0.2, -0.15) is 0 Å². The van der Waals surface area contributed by atoms with Crippen molar-refractivity contribution in [3.63, 3.8) is 0 Å². The summed E-state index contributed by atoms with van der Waals surface area (Å²) in [6.07, 6.45) is 0. The van der Waals surface area contributed by atoms with Crippen LogP contribution in [0, 0.1) is 12.8 Å². The normalized spacial score (nSPS) is 10.9. The van der Waals surface area contributed by atoms with Crippen LogP contribution < -0.4 is 11.2 Å². The largest absolute Gasteiger partial charge is 0.355 e. The number of aryl methyl sites for hydroxylation is 1. The van der Waals surface area contributed by atoms with Gasteiger partial charge in [-0.3, -0.25) is 4.79 Å². The Morgan fingerprint density at radius 3 is 2.64 bits per heavy atom. The Kier molecular flexibility index (Phi) is 5.43. The number of rotatable bonds is 6. The Morgan fingerprint density at radius 2 is 2.00 bits per heavy atom. The molecule has 2 aromatic rings. The summed E-state index contributed by atoms with van der Waals surface area (Å²) in [6, 6.07) is 7.89. The van der Waals surface area contributed by atoms with Crippen molar-refractivity contribution >= 4 is 17.7 Å². The molecule has 0 aliphatic rings. The molecule has 0 aliphatic heterocycles. The van der Waals surface area contributed by atoms with Gasteiger partial charge in [0.15, 0.2) is 5.82 Å². The SMILES string of the molecule is Cc1ccc(-c2nnc(SCC(=O)NCC(C)C)n2N)cc1. The topological polar surface area (TPSA) is 85.8 Å². The summed E-state index contributed by atoms with van der Waals surface area (Å²) in [4.78, 5) is 11.7. The van der Waals surface area contributed by atoms with Crippen LogP contribution in [0.15, 0.2) is 29.4 Å². The van der Waals surface area contributed by atoms with Gasteiger partial charge in [0.2, 0.25) is 11.1 Å². The van der Waals surface area contributed by atoms with E-state index in [1.807, 2.05) is 31.2 Å². The van der Waals surface area contributed by atoms with Gasteiger partial charge in [0.25, 0.3) is 0 Å². The summed E-state index contributed by atoms with van der Waals surface area (Å²) >= 11 is 1.28. The summed E-state index contributed by atoms with van der Waals surface area (Å²) in [5.41, 5.74) is 2.07. The van der Waals surface area contributed by atoms with Crippen molar-refractivity contribution < 1.29 is 4.79 Å². The number of thioether (sulfide) groups is 1. The first-order chi connectivity index (χ1) is 10.5. The molecule has 118 valence electrons. The fourth-order valence-corrected chi connectivity index (χ4v) is 2.46. The molecule has 6 nitrogen and oxygen atoms in total. The number of nitrogens with one attached hydrogen (secondary N) is 1. The molecule has 0 bridgehead atoms. The maximum atomic E-state index is 11.7. The Hall–Kier alpha value is -2.02. The molecule has 0 saturated heterocycles. The van der Waals surface area contributed by atoms with Gasteiger partial charge < -0.3 is 11.2 Å². The molecule has 0 unspecified atom stereocenters. The zero-order valence-corrected chi connectivity index (χ0v) is 13.9. The van der Waals surface area contributed by atoms with Crippen molar-refractivity contribution in [3.05, 3.63) is 29.8 Å². The van der Waals surface area contributed by atoms with E-state index >= 15 is 0 Å². The molecule has 2 rings (SSSR count). The van der Waals surface area contributed by atoms with Crippen molar-refractivity contribution in [2.24, 2.45) is 5.92 Å². The molecule has 1 aromatic carbocycles. The fraction of sp³-hybridized carbons (Fsp3) is 0.400. The predicted molar refractivity (Wildman–Crippen MR) is 88.9 cm³/mol. The van der Waals surface area contributed by atoms with Gasteiger partial charge in [0.05, 0.1) is 5.75 Å². The lowest BCUT2D eigenvalue weighted by molar-refractivity contribution is -0.118. The average Bonchev–Trinajstić information content (AvgIpc) is 2.85. The van der Waals surface area contributed by atoms with E-state index in [4.69, 9.17) is 5.84 Å². The Bertz CT molecular complexity index is 636. The zero-order chi connectivity index (χ0) is 16.1. The van der Waals surface area contributed by atoms with Gasteiger partial charge in [-0.15, -0.1) is 10.2 Å². The molecule has 7 heteroatoms. The molecule has 0 spiro atoms. The highest BCUT2D eigenvalue weighted by Gasteiger charge is 2.13. The molecule has 1 heterocycles. The fourth-order valence-electron chi connectivity index (χ4n) is 1.77. The summed E-state index contributed by atoms with van der Waals surface area (Å²) in [5, 5.41) is 11.5. The molecule has 0 radical (unpaired) electrons. The summed E-state index contributed by atoms with van der Waals surface area (Å²) in [7, 11) is 0. The van der Waals surface area contributed by atoms with Crippen molar-refractivity contribution in [1.29, 1.82) is 0 Å². The van der Waals surface area contributed by atoms with Crippen LogP contribution in [0.4, 0.5) is 0 Å². The van der Waals surface area contributed by atoms with Crippen molar-refractivity contribution in [2.75, 3.05) is 18.1 Å². The van der Waals surface area contributed by atoms with Crippen LogP contribution in [-0.4, -0.2) is 33.1 Å². The first-order valence-electron chi connectivity index (χ1n) is 7.14. The van der Waals surface area contributed by atoms with Crippen LogP contribution in [0.1, 0.15) is 19.4 Å². The molecule has 0 aliphatic carbocycles. The van der Waals surface area contributed by atoms with Gasteiger partial charge in [-0.1, -0.05) is 55.4 Å². The Balaban J connectivity index is 1.99. The van der Waals surface area contributed by atoms with Crippen molar-refractivity contribution in [1.82, 2.24) is 20.2 Å². The molecule has 0 atom stereocenters. The van der Waals surface area contributed by atoms with Crippen LogP contribution in [0.25, 0.3) is 11.4 Å². The third-order valence-corrected chi connectivity index (χ3v) is 3.96. The Labute approximate surface area is 134 Å². The van der Waals surface area contributed by atoms with E-state index in [-0.39, 0.29) is 11.7 Å². The second kappa shape index (κ2) is 7.31. The highest BCUT2D eigenvalue weighted by Crippen LogP contribution is 2.21. The number of carbonyl (C=O) groups excluding carboxylic acids is 1. The number of benzene rings is 1. The first-order valence-corrected chi connectivity index (χ1v) is 8.13. The standard InChI is InChI=1S/C15H21N5OS/c1-10(2)8-17-13(21)9-22-15-19-18-14(20(15)16)12-6-4-11(3)5-7-12/h4-7,10H,8-9,16H2,1-3H3,(H,17,21). The quantitative estimate of drug-likeness (QED) is 0.627. The lowest BCUT2D eigenvalue weighted by Crippen LogP contribution is -2.29. The number of nitrogens with two attached hydrogens (primary N) is 1. The maximum Gasteiger partial charge on any atom is 0.230 e. The number of amides is 1. The highest BCUT2D eigenvalue weighted by molar-refractivity contribution is 7.99. The third kappa shape index (κ3) is 4.24. The van der Waals surface area contributed by atoms with Crippen LogP contribution in [-0.2, 0) is 4.79 Å². The highest BCUT2D eigenvalue weighted by atomic mass is 32.2. The minimum atomic E-state index is -0.0291. The monoisotopic (exact) mass is 319 g/mol. The molecule has 3 N–H and O–H groups in total. The Morgan fingerprint density at radius 1 is 1.32 bits per heavy atom. The molecule has 0 saturated carbocycles. The van der Waals surface area contributed by atoms with Crippen molar-refractivity contribution in [3.8, 4) is 11.4 Å². The molecule has 22 heavy (non-hydrogen) atoms. The molecule has 1 aromatic heterocycles. The van der Waals surface area contributed by atoms with E-state index < -0.39 is 0 Å². The smallest absolute Gasteiger partial charge is 0.230 e. The average molecular weight is 319 g/mol. The van der Waals surface area contributed by atoms with E-state index in [0.29, 0.717) is 23.4 Å². The van der Waals surface area contributed by atoms with E-state index in [2.05, 4.69) is 29.4 Å². The zero-order valence-electron chi connectivity index (χ0n) is 13.0. The van der Waals surface area contributed by atoms with Crippen LogP contribution in [0.3, 0.4) is 0 Å². The van der Waals surface area contributed by atoms with Gasteiger partial charge in [-0.05, 0) is 12.8 Å².